The lowest BCUT2D eigenvalue weighted by molar-refractivity contribution is -0.149. The van der Waals surface area contributed by atoms with Gasteiger partial charge in [0.25, 0.3) is 16.0 Å². The molecule has 2 aliphatic rings. The largest absolute Gasteiger partial charge is 0.488 e. The van der Waals surface area contributed by atoms with E-state index in [0.717, 1.165) is 30.9 Å². The fourth-order valence-corrected chi connectivity index (χ4v) is 6.42. The first-order valence-corrected chi connectivity index (χ1v) is 17.0. The van der Waals surface area contributed by atoms with Crippen LogP contribution in [0.1, 0.15) is 67.4 Å². The number of carbonyl (C=O) groups excluding carboxylic acids is 2. The van der Waals surface area contributed by atoms with Gasteiger partial charge in [-0.3, -0.25) is 14.1 Å². The summed E-state index contributed by atoms with van der Waals surface area (Å²) >= 11 is 0. The van der Waals surface area contributed by atoms with Crippen LogP contribution in [0.3, 0.4) is 0 Å². The van der Waals surface area contributed by atoms with Crippen molar-refractivity contribution in [2.75, 3.05) is 11.9 Å². The number of nitrogens with zero attached hydrogens (tertiary/aromatic N) is 7. The first kappa shape index (κ1) is 34.3. The first-order valence-electron chi connectivity index (χ1n) is 15.5. The number of hydrogen-bond acceptors (Lipinski definition) is 11. The van der Waals surface area contributed by atoms with E-state index in [4.69, 9.17) is 4.74 Å². The van der Waals surface area contributed by atoms with E-state index in [1.807, 2.05) is 12.1 Å². The summed E-state index contributed by atoms with van der Waals surface area (Å²) in [5.41, 5.74) is 0.666. The number of carbonyl (C=O) groups is 3. The molecule has 2 amide bonds. The Morgan fingerprint density at radius 1 is 1.04 bits per heavy atom. The maximum atomic E-state index is 14.1. The van der Waals surface area contributed by atoms with Gasteiger partial charge in [0, 0.05) is 19.0 Å². The molecule has 254 valence electrons. The molecule has 0 spiro atoms. The highest BCUT2D eigenvalue weighted by Crippen LogP contribution is 2.29. The summed E-state index contributed by atoms with van der Waals surface area (Å²) in [5, 5.41) is 27.4. The van der Waals surface area contributed by atoms with Crippen LogP contribution in [0.2, 0.25) is 0 Å². The Morgan fingerprint density at radius 2 is 1.77 bits per heavy atom. The third-order valence-corrected chi connectivity index (χ3v) is 9.03. The summed E-state index contributed by atoms with van der Waals surface area (Å²) in [7, 11) is -4.67. The maximum Gasteiger partial charge on any atom is 0.326 e. The van der Waals surface area contributed by atoms with E-state index in [9.17, 15) is 32.5 Å². The van der Waals surface area contributed by atoms with E-state index in [0.29, 0.717) is 25.0 Å². The molecule has 1 fully saturated rings. The second-order valence-electron chi connectivity index (χ2n) is 11.6. The molecule has 0 saturated carbocycles. The second-order valence-corrected chi connectivity index (χ2v) is 12.9. The topological polar surface area (TPSA) is 218 Å². The van der Waals surface area contributed by atoms with E-state index in [1.165, 1.54) is 40.2 Å². The minimum atomic E-state index is -4.67. The predicted octanol–water partition coefficient (Wildman–Crippen LogP) is 4.73. The molecule has 0 bridgehead atoms. The third-order valence-electron chi connectivity index (χ3n) is 8.11. The number of carboxylic acid groups (broad SMARTS) is 1. The fraction of sp³-hybridized carbons (Fsp3) is 0.419. The summed E-state index contributed by atoms with van der Waals surface area (Å²) in [4.78, 5) is 44.3. The van der Waals surface area contributed by atoms with Gasteiger partial charge in [-0.05, 0) is 46.7 Å². The molecule has 48 heavy (non-hydrogen) atoms. The number of carboxylic acids is 1. The molecule has 17 heteroatoms. The Kier molecular flexibility index (Phi) is 10.9. The average Bonchev–Trinajstić information content (AvgIpc) is 3.84. The lowest BCUT2D eigenvalue weighted by atomic mass is 10.1. The number of imidazole rings is 1. The van der Waals surface area contributed by atoms with Gasteiger partial charge >= 0.3 is 5.97 Å². The molecule has 2 aromatic carbocycles. The highest BCUT2D eigenvalue weighted by molar-refractivity contribution is 7.86. The van der Waals surface area contributed by atoms with Gasteiger partial charge < -0.3 is 24.6 Å². The van der Waals surface area contributed by atoms with Crippen molar-refractivity contribution in [1.29, 1.82) is 0 Å². The number of ether oxygens (including phenoxy) is 1. The Hall–Kier alpha value is -5.03. The van der Waals surface area contributed by atoms with Gasteiger partial charge in [0.05, 0.1) is 18.4 Å². The van der Waals surface area contributed by atoms with Crippen molar-refractivity contribution in [3.8, 4) is 5.75 Å². The van der Waals surface area contributed by atoms with Crippen molar-refractivity contribution in [1.82, 2.24) is 14.5 Å². The van der Waals surface area contributed by atoms with Crippen LogP contribution >= 0.6 is 0 Å². The molecule has 3 aromatic rings. The van der Waals surface area contributed by atoms with E-state index in [2.05, 4.69) is 37.9 Å². The van der Waals surface area contributed by atoms with Crippen LogP contribution in [-0.2, 0) is 26.1 Å². The molecule has 2 aliphatic heterocycles. The van der Waals surface area contributed by atoms with Gasteiger partial charge in [-0.2, -0.15) is 8.42 Å². The van der Waals surface area contributed by atoms with Crippen LogP contribution in [0.4, 0.5) is 5.82 Å². The zero-order valence-corrected chi connectivity index (χ0v) is 26.9. The SMILES string of the molecule is CCCCCC[C@H](C(=O)N1C[C@@H](Oc2ccc(CC3N=NN=N3)cc2)C[C@H]1C(=O)O)n1cnc(NC(=O)c2ccccc2S(=O)(=O)O)c1. The molecular formula is C31H36N8O8S. The molecular weight excluding hydrogens is 644 g/mol. The van der Waals surface area contributed by atoms with Crippen molar-refractivity contribution < 1.29 is 37.2 Å². The first-order chi connectivity index (χ1) is 23.0. The van der Waals surface area contributed by atoms with Gasteiger partial charge in [-0.15, -0.1) is 10.2 Å². The molecule has 0 unspecified atom stereocenters. The Bertz CT molecular complexity index is 1780. The van der Waals surface area contributed by atoms with Crippen LogP contribution in [0.25, 0.3) is 0 Å². The van der Waals surface area contributed by atoms with Crippen LogP contribution < -0.4 is 10.1 Å². The van der Waals surface area contributed by atoms with Crippen LogP contribution in [0, 0.1) is 0 Å². The van der Waals surface area contributed by atoms with E-state index < -0.39 is 51.0 Å². The lowest BCUT2D eigenvalue weighted by Crippen LogP contribution is -2.44. The number of aromatic nitrogens is 2. The minimum Gasteiger partial charge on any atom is -0.488 e. The fourth-order valence-electron chi connectivity index (χ4n) is 5.73. The Balaban J connectivity index is 1.30. The zero-order chi connectivity index (χ0) is 34.3. The Labute approximate surface area is 276 Å². The smallest absolute Gasteiger partial charge is 0.326 e. The highest BCUT2D eigenvalue weighted by Gasteiger charge is 2.43. The normalized spacial score (nSPS) is 18.2. The third kappa shape index (κ3) is 8.46. The van der Waals surface area contributed by atoms with Gasteiger partial charge in [-0.25, -0.2) is 9.78 Å². The molecule has 1 aromatic heterocycles. The van der Waals surface area contributed by atoms with Gasteiger partial charge in [-0.1, -0.05) is 56.9 Å². The van der Waals surface area contributed by atoms with Gasteiger partial charge in [0.1, 0.15) is 28.8 Å². The lowest BCUT2D eigenvalue weighted by Gasteiger charge is -2.27. The number of amides is 2. The number of hydrogen-bond donors (Lipinski definition) is 3. The monoisotopic (exact) mass is 680 g/mol. The van der Waals surface area contributed by atoms with Gasteiger partial charge in [0.15, 0.2) is 12.0 Å². The molecule has 1 saturated heterocycles. The number of aliphatic carboxylic acids is 1. The summed E-state index contributed by atoms with van der Waals surface area (Å²) in [6.45, 7) is 2.12. The quantitative estimate of drug-likeness (QED) is 0.149. The van der Waals surface area contributed by atoms with E-state index in [-0.39, 0.29) is 30.5 Å². The molecule has 0 radical (unpaired) electrons. The molecule has 3 heterocycles. The van der Waals surface area contributed by atoms with Crippen LogP contribution in [-0.4, -0.2) is 75.2 Å². The highest BCUT2D eigenvalue weighted by atomic mass is 32.2. The summed E-state index contributed by atoms with van der Waals surface area (Å²) in [6, 6.07) is 10.5. The zero-order valence-electron chi connectivity index (χ0n) is 26.1. The predicted molar refractivity (Wildman–Crippen MR) is 170 cm³/mol. The minimum absolute atomic E-state index is 0.0384. The summed E-state index contributed by atoms with van der Waals surface area (Å²) in [6.07, 6.45) is 6.37. The number of rotatable bonds is 15. The number of unbranched alkanes of at least 4 members (excludes halogenated alkanes) is 3. The standard InChI is InChI=1S/C31H36N8O8S/c1-2-3-4-5-9-24(38-18-28(32-19-38)33-29(40)23-8-6-7-10-26(23)48(44,45)46)30(41)39-17-22(16-25(39)31(42)43)47-21-13-11-20(12-14-21)15-27-34-36-37-35-27/h6-8,10-14,18-19,22,24-25,27H,2-5,9,15-17H2,1H3,(H,33,40)(H,42,43)(H,44,45,46)/t22-,24+,25-/m0/s1. The molecule has 16 nitrogen and oxygen atoms in total. The number of nitrogens with one attached hydrogen (secondary N) is 1. The van der Waals surface area contributed by atoms with Crippen molar-refractivity contribution in [2.45, 2.75) is 81.1 Å². The number of anilines is 1. The van der Waals surface area contributed by atoms with Gasteiger partial charge in [0.2, 0.25) is 5.91 Å². The van der Waals surface area contributed by atoms with E-state index in [1.54, 1.807) is 12.1 Å². The summed E-state index contributed by atoms with van der Waals surface area (Å²) < 4.78 is 40.7. The second kappa shape index (κ2) is 15.2. The molecule has 0 aliphatic carbocycles. The number of benzene rings is 2. The molecule has 3 N–H and O–H groups in total. The maximum absolute atomic E-state index is 14.1. The van der Waals surface area contributed by atoms with E-state index >= 15 is 0 Å². The number of likely N-dealkylation sites (tertiary alicyclic amines) is 1. The van der Waals surface area contributed by atoms with Crippen molar-refractivity contribution in [2.24, 2.45) is 20.7 Å². The van der Waals surface area contributed by atoms with Crippen molar-refractivity contribution in [3.05, 3.63) is 72.2 Å². The van der Waals surface area contributed by atoms with Crippen molar-refractivity contribution in [3.63, 3.8) is 0 Å². The summed E-state index contributed by atoms with van der Waals surface area (Å²) in [5.74, 6) is -1.83. The molecule has 3 atom stereocenters. The Morgan fingerprint density at radius 3 is 2.46 bits per heavy atom. The molecule has 5 rings (SSSR count). The van der Waals surface area contributed by atoms with Crippen LogP contribution in [0.15, 0.2) is 86.6 Å². The average molecular weight is 681 g/mol. The van der Waals surface area contributed by atoms with Crippen molar-refractivity contribution >= 4 is 33.7 Å². The van der Waals surface area contributed by atoms with Crippen LogP contribution in [0.5, 0.6) is 5.75 Å².